The molecular weight excluding hydrogens is 332 g/mol. The SMILES string of the molecule is CCCCCn1c(-c2cc[n+](CCCCC)cc2)cc(=O)c2ccccc21. The smallest absolute Gasteiger partial charge is 0.190 e. The van der Waals surface area contributed by atoms with Gasteiger partial charge in [0.2, 0.25) is 0 Å². The van der Waals surface area contributed by atoms with E-state index in [9.17, 15) is 4.79 Å². The standard InChI is InChI=1S/C24H31N2O/c1-3-5-9-15-25-17-13-20(14-18-25)23-19-24(27)21-11-7-8-12-22(21)26(23)16-10-6-4-2/h7-8,11-14,17-19H,3-6,9-10,15-16H2,1-2H3/q+1. The van der Waals surface area contributed by atoms with Crippen LogP contribution < -0.4 is 10.00 Å². The van der Waals surface area contributed by atoms with E-state index < -0.39 is 0 Å². The van der Waals surface area contributed by atoms with Crippen LogP contribution >= 0.6 is 0 Å². The second kappa shape index (κ2) is 9.50. The Morgan fingerprint density at radius 1 is 0.889 bits per heavy atom. The lowest BCUT2D eigenvalue weighted by Gasteiger charge is -2.17. The average Bonchev–Trinajstić information content (AvgIpc) is 2.70. The van der Waals surface area contributed by atoms with E-state index >= 15 is 0 Å². The van der Waals surface area contributed by atoms with Gasteiger partial charge in [0.1, 0.15) is 6.54 Å². The lowest BCUT2D eigenvalue weighted by Crippen LogP contribution is -2.32. The Hall–Kier alpha value is -2.42. The summed E-state index contributed by atoms with van der Waals surface area (Å²) in [6.07, 6.45) is 11.5. The molecule has 0 atom stereocenters. The molecule has 0 aliphatic heterocycles. The van der Waals surface area contributed by atoms with Gasteiger partial charge in [-0.2, -0.15) is 0 Å². The number of nitrogens with zero attached hydrogens (tertiary/aromatic N) is 2. The van der Waals surface area contributed by atoms with Crippen LogP contribution in [0.2, 0.25) is 0 Å². The van der Waals surface area contributed by atoms with Gasteiger partial charge in [-0.1, -0.05) is 45.2 Å². The number of unbranched alkanes of at least 4 members (excludes halogenated alkanes) is 4. The first kappa shape index (κ1) is 19.3. The third-order valence-electron chi connectivity index (χ3n) is 5.21. The van der Waals surface area contributed by atoms with Gasteiger partial charge in [-0.05, 0) is 25.0 Å². The van der Waals surface area contributed by atoms with Crippen molar-refractivity contribution >= 4 is 10.9 Å². The molecule has 2 heterocycles. The monoisotopic (exact) mass is 363 g/mol. The summed E-state index contributed by atoms with van der Waals surface area (Å²) in [5, 5.41) is 0.809. The van der Waals surface area contributed by atoms with E-state index in [1.807, 2.05) is 24.3 Å². The Labute approximate surface area is 162 Å². The predicted molar refractivity (Wildman–Crippen MR) is 113 cm³/mol. The van der Waals surface area contributed by atoms with Crippen LogP contribution in [0.25, 0.3) is 22.2 Å². The summed E-state index contributed by atoms with van der Waals surface area (Å²) in [7, 11) is 0. The summed E-state index contributed by atoms with van der Waals surface area (Å²) in [5.74, 6) is 0. The first-order valence-corrected chi connectivity index (χ1v) is 10.4. The van der Waals surface area contributed by atoms with E-state index in [-0.39, 0.29) is 5.43 Å². The topological polar surface area (TPSA) is 25.9 Å². The molecule has 0 saturated carbocycles. The first-order chi connectivity index (χ1) is 13.2. The molecule has 0 fully saturated rings. The van der Waals surface area contributed by atoms with Crippen LogP contribution in [0.4, 0.5) is 0 Å². The number of hydrogen-bond acceptors (Lipinski definition) is 1. The van der Waals surface area contributed by atoms with Crippen molar-refractivity contribution in [2.75, 3.05) is 0 Å². The molecule has 0 aliphatic carbocycles. The fourth-order valence-electron chi connectivity index (χ4n) is 3.65. The van der Waals surface area contributed by atoms with Crippen LogP contribution in [0.3, 0.4) is 0 Å². The van der Waals surface area contributed by atoms with Crippen LogP contribution in [-0.4, -0.2) is 4.57 Å². The highest BCUT2D eigenvalue weighted by Gasteiger charge is 2.12. The maximum Gasteiger partial charge on any atom is 0.190 e. The Kier molecular flexibility index (Phi) is 6.80. The predicted octanol–water partition coefficient (Wildman–Crippen LogP) is 5.34. The fraction of sp³-hybridized carbons (Fsp3) is 0.417. The quantitative estimate of drug-likeness (QED) is 0.372. The van der Waals surface area contributed by atoms with E-state index in [1.165, 1.54) is 32.1 Å². The molecule has 0 radical (unpaired) electrons. The van der Waals surface area contributed by atoms with Crippen molar-refractivity contribution in [3.63, 3.8) is 0 Å². The van der Waals surface area contributed by atoms with Gasteiger partial charge in [-0.3, -0.25) is 4.79 Å². The summed E-state index contributed by atoms with van der Waals surface area (Å²) in [6.45, 7) is 6.44. The number of aryl methyl sites for hydroxylation is 2. The Balaban J connectivity index is 1.99. The number of rotatable bonds is 9. The van der Waals surface area contributed by atoms with Crippen molar-refractivity contribution < 1.29 is 4.57 Å². The minimum Gasteiger partial charge on any atom is -0.340 e. The number of aromatic nitrogens is 2. The van der Waals surface area contributed by atoms with Crippen LogP contribution in [0.15, 0.2) is 59.7 Å². The van der Waals surface area contributed by atoms with Crippen LogP contribution in [-0.2, 0) is 13.1 Å². The zero-order valence-electron chi connectivity index (χ0n) is 16.7. The maximum absolute atomic E-state index is 12.7. The second-order valence-electron chi connectivity index (χ2n) is 7.30. The molecule has 0 aliphatic rings. The second-order valence-corrected chi connectivity index (χ2v) is 7.30. The molecule has 27 heavy (non-hydrogen) atoms. The largest absolute Gasteiger partial charge is 0.340 e. The molecule has 2 aromatic heterocycles. The van der Waals surface area contributed by atoms with Gasteiger partial charge in [0.05, 0.1) is 11.2 Å². The minimum absolute atomic E-state index is 0.104. The number of para-hydroxylation sites is 1. The molecule has 3 rings (SSSR count). The maximum atomic E-state index is 12.7. The minimum atomic E-state index is 0.104. The van der Waals surface area contributed by atoms with E-state index in [0.717, 1.165) is 41.7 Å². The van der Waals surface area contributed by atoms with Crippen molar-refractivity contribution in [1.82, 2.24) is 4.57 Å². The van der Waals surface area contributed by atoms with Crippen LogP contribution in [0.5, 0.6) is 0 Å². The van der Waals surface area contributed by atoms with Gasteiger partial charge in [0, 0.05) is 42.1 Å². The highest BCUT2D eigenvalue weighted by atomic mass is 16.1. The first-order valence-electron chi connectivity index (χ1n) is 10.4. The van der Waals surface area contributed by atoms with Gasteiger partial charge in [0.15, 0.2) is 17.8 Å². The molecular formula is C24H31N2O+. The fourth-order valence-corrected chi connectivity index (χ4v) is 3.65. The van der Waals surface area contributed by atoms with Gasteiger partial charge < -0.3 is 4.57 Å². The Morgan fingerprint density at radius 3 is 2.33 bits per heavy atom. The van der Waals surface area contributed by atoms with Crippen molar-refractivity contribution in [3.05, 3.63) is 65.1 Å². The molecule has 3 nitrogen and oxygen atoms in total. The van der Waals surface area contributed by atoms with Crippen molar-refractivity contribution in [1.29, 1.82) is 0 Å². The van der Waals surface area contributed by atoms with E-state index in [1.54, 1.807) is 0 Å². The lowest BCUT2D eigenvalue weighted by atomic mass is 10.1. The Morgan fingerprint density at radius 2 is 1.59 bits per heavy atom. The van der Waals surface area contributed by atoms with Crippen molar-refractivity contribution in [2.24, 2.45) is 0 Å². The molecule has 0 N–H and O–H groups in total. The third kappa shape index (κ3) is 4.65. The normalized spacial score (nSPS) is 11.2. The molecule has 0 bridgehead atoms. The summed E-state index contributed by atoms with van der Waals surface area (Å²) in [4.78, 5) is 12.7. The molecule has 142 valence electrons. The zero-order chi connectivity index (χ0) is 19.1. The van der Waals surface area contributed by atoms with E-state index in [2.05, 4.69) is 53.6 Å². The highest BCUT2D eigenvalue weighted by molar-refractivity contribution is 5.82. The number of benzene rings is 1. The Bertz CT molecular complexity index is 925. The van der Waals surface area contributed by atoms with E-state index in [4.69, 9.17) is 0 Å². The summed E-state index contributed by atoms with van der Waals surface area (Å²) >= 11 is 0. The highest BCUT2D eigenvalue weighted by Crippen LogP contribution is 2.23. The van der Waals surface area contributed by atoms with Crippen LogP contribution in [0, 0.1) is 0 Å². The number of hydrogen-bond donors (Lipinski definition) is 0. The third-order valence-corrected chi connectivity index (χ3v) is 5.21. The molecule has 3 heteroatoms. The molecule has 1 aromatic carbocycles. The van der Waals surface area contributed by atoms with Crippen molar-refractivity contribution in [3.8, 4) is 11.3 Å². The van der Waals surface area contributed by atoms with E-state index in [0.29, 0.717) is 0 Å². The molecule has 3 aromatic rings. The molecule has 0 unspecified atom stereocenters. The summed E-state index contributed by atoms with van der Waals surface area (Å²) in [6, 6.07) is 14.1. The van der Waals surface area contributed by atoms with Crippen molar-refractivity contribution in [2.45, 2.75) is 65.5 Å². The molecule has 0 saturated heterocycles. The van der Waals surface area contributed by atoms with Gasteiger partial charge >= 0.3 is 0 Å². The van der Waals surface area contributed by atoms with Gasteiger partial charge in [-0.25, -0.2) is 4.57 Å². The number of fused-ring (bicyclic) bond motifs is 1. The molecule has 0 amide bonds. The summed E-state index contributed by atoms with van der Waals surface area (Å²) < 4.78 is 4.56. The molecule has 0 spiro atoms. The average molecular weight is 364 g/mol. The van der Waals surface area contributed by atoms with Gasteiger partial charge in [-0.15, -0.1) is 0 Å². The zero-order valence-corrected chi connectivity index (χ0v) is 16.7. The summed E-state index contributed by atoms with van der Waals surface area (Å²) in [5.41, 5.74) is 3.28. The lowest BCUT2D eigenvalue weighted by molar-refractivity contribution is -0.697. The van der Waals surface area contributed by atoms with Gasteiger partial charge in [0.25, 0.3) is 0 Å². The van der Waals surface area contributed by atoms with Crippen LogP contribution in [0.1, 0.15) is 52.4 Å². The number of pyridine rings is 2.